The van der Waals surface area contributed by atoms with Crippen LogP contribution in [-0.4, -0.2) is 32.6 Å². The van der Waals surface area contributed by atoms with Crippen molar-refractivity contribution in [3.63, 3.8) is 0 Å². The van der Waals surface area contributed by atoms with Crippen LogP contribution in [-0.2, 0) is 4.79 Å². The highest BCUT2D eigenvalue weighted by Gasteiger charge is 2.17. The molecule has 0 spiro atoms. The molecule has 0 aliphatic heterocycles. The summed E-state index contributed by atoms with van der Waals surface area (Å²) in [6.07, 6.45) is 1.41. The maximum atomic E-state index is 12.6. The summed E-state index contributed by atoms with van der Waals surface area (Å²) in [5.74, 6) is -3.14. The summed E-state index contributed by atoms with van der Waals surface area (Å²) >= 11 is 5.92. The Morgan fingerprint density at radius 3 is 2.21 bits per heavy atom. The second-order valence-corrected chi connectivity index (χ2v) is 7.61. The molecule has 0 atom stereocenters. The van der Waals surface area contributed by atoms with E-state index < -0.39 is 17.8 Å². The largest absolute Gasteiger partial charge is 0.478 e. The first kappa shape index (κ1) is 23.3. The first-order valence-corrected chi connectivity index (χ1v) is 9.98. The molecule has 33 heavy (non-hydrogen) atoms. The zero-order chi connectivity index (χ0) is 24.3. The van der Waals surface area contributed by atoms with Crippen LogP contribution in [0.5, 0.6) is 0 Å². The number of benzene rings is 2. The molecule has 1 amide bonds. The van der Waals surface area contributed by atoms with Crippen LogP contribution in [0.4, 0.5) is 5.69 Å². The third kappa shape index (κ3) is 5.11. The first-order chi connectivity index (χ1) is 15.6. The highest BCUT2D eigenvalue weighted by molar-refractivity contribution is 6.31. The lowest BCUT2D eigenvalue weighted by atomic mass is 10.1. The summed E-state index contributed by atoms with van der Waals surface area (Å²) in [5.41, 5.74) is 2.07. The molecule has 3 rings (SSSR count). The highest BCUT2D eigenvalue weighted by Crippen LogP contribution is 2.25. The van der Waals surface area contributed by atoms with Crippen molar-refractivity contribution in [1.82, 2.24) is 4.57 Å². The second kappa shape index (κ2) is 9.42. The molecular formula is C24H18ClN3O5. The third-order valence-electron chi connectivity index (χ3n) is 4.89. The van der Waals surface area contributed by atoms with E-state index in [0.29, 0.717) is 33.3 Å². The molecule has 3 N–H and O–H groups in total. The molecule has 0 unspecified atom stereocenters. The fraction of sp³-hybridized carbons (Fsp3) is 0.0833. The third-order valence-corrected chi connectivity index (χ3v) is 5.12. The Morgan fingerprint density at radius 2 is 1.67 bits per heavy atom. The molecule has 0 bridgehead atoms. The van der Waals surface area contributed by atoms with Crippen LogP contribution >= 0.6 is 11.6 Å². The Balaban J connectivity index is 2.03. The molecule has 3 aromatic rings. The van der Waals surface area contributed by atoms with Crippen molar-refractivity contribution in [3.8, 4) is 11.8 Å². The number of hydrogen-bond acceptors (Lipinski definition) is 4. The van der Waals surface area contributed by atoms with E-state index in [1.165, 1.54) is 18.2 Å². The molecule has 0 fully saturated rings. The number of nitrogens with one attached hydrogen (secondary N) is 1. The predicted molar refractivity (Wildman–Crippen MR) is 123 cm³/mol. The highest BCUT2D eigenvalue weighted by atomic mass is 35.5. The minimum Gasteiger partial charge on any atom is -0.478 e. The lowest BCUT2D eigenvalue weighted by Gasteiger charge is -2.12. The van der Waals surface area contributed by atoms with E-state index in [2.05, 4.69) is 5.32 Å². The number of nitriles is 1. The van der Waals surface area contributed by atoms with Crippen molar-refractivity contribution in [2.45, 2.75) is 13.8 Å². The van der Waals surface area contributed by atoms with Crippen molar-refractivity contribution in [2.24, 2.45) is 0 Å². The van der Waals surface area contributed by atoms with Gasteiger partial charge in [0.15, 0.2) is 0 Å². The molecule has 8 nitrogen and oxygen atoms in total. The Hall–Kier alpha value is -4.35. The Kier molecular flexibility index (Phi) is 6.66. The minimum absolute atomic E-state index is 0.152. The Morgan fingerprint density at radius 1 is 1.03 bits per heavy atom. The number of carboxylic acid groups (broad SMARTS) is 2. The van der Waals surface area contributed by atoms with Crippen molar-refractivity contribution in [1.29, 1.82) is 5.26 Å². The minimum atomic E-state index is -1.26. The number of anilines is 1. The number of amides is 1. The van der Waals surface area contributed by atoms with Gasteiger partial charge in [0.2, 0.25) is 0 Å². The predicted octanol–water partition coefficient (Wildman–Crippen LogP) is 4.69. The molecule has 166 valence electrons. The SMILES string of the molecule is Cc1cc(/C=C(/C#N)C(=O)Nc2cccc(Cl)c2)c(C)n1-c1cc(C(=O)O)cc(C(=O)O)c1. The van der Waals surface area contributed by atoms with Crippen LogP contribution in [0.15, 0.2) is 54.1 Å². The van der Waals surface area contributed by atoms with Gasteiger partial charge < -0.3 is 20.1 Å². The van der Waals surface area contributed by atoms with Crippen LogP contribution in [0.1, 0.15) is 37.7 Å². The molecule has 0 aliphatic rings. The molecular weight excluding hydrogens is 446 g/mol. The van der Waals surface area contributed by atoms with Crippen LogP contribution in [0.2, 0.25) is 5.02 Å². The van der Waals surface area contributed by atoms with Gasteiger partial charge in [-0.15, -0.1) is 0 Å². The maximum absolute atomic E-state index is 12.6. The van der Waals surface area contributed by atoms with Gasteiger partial charge in [-0.1, -0.05) is 17.7 Å². The van der Waals surface area contributed by atoms with Gasteiger partial charge in [-0.2, -0.15) is 5.26 Å². The number of aromatic nitrogens is 1. The van der Waals surface area contributed by atoms with Crippen LogP contribution < -0.4 is 5.32 Å². The van der Waals surface area contributed by atoms with Crippen LogP contribution in [0, 0.1) is 25.2 Å². The van der Waals surface area contributed by atoms with Crippen molar-refractivity contribution in [2.75, 3.05) is 5.32 Å². The number of aromatic carboxylic acids is 2. The second-order valence-electron chi connectivity index (χ2n) is 7.18. The number of carbonyl (C=O) groups excluding carboxylic acids is 1. The monoisotopic (exact) mass is 463 g/mol. The van der Waals surface area contributed by atoms with E-state index >= 15 is 0 Å². The molecule has 0 saturated carbocycles. The summed E-state index contributed by atoms with van der Waals surface area (Å²) in [5, 5.41) is 31.3. The van der Waals surface area contributed by atoms with Gasteiger partial charge in [-0.3, -0.25) is 4.79 Å². The summed E-state index contributed by atoms with van der Waals surface area (Å²) < 4.78 is 1.66. The molecule has 1 heterocycles. The van der Waals surface area contributed by atoms with E-state index in [-0.39, 0.29) is 16.7 Å². The summed E-state index contributed by atoms with van der Waals surface area (Å²) in [6.45, 7) is 3.47. The Bertz CT molecular complexity index is 1330. The van der Waals surface area contributed by atoms with Crippen molar-refractivity contribution in [3.05, 3.63) is 87.2 Å². The van der Waals surface area contributed by atoms with Crippen molar-refractivity contribution >= 4 is 41.2 Å². The first-order valence-electron chi connectivity index (χ1n) is 9.60. The van der Waals surface area contributed by atoms with Crippen LogP contribution in [0.3, 0.4) is 0 Å². The average molecular weight is 464 g/mol. The summed E-state index contributed by atoms with van der Waals surface area (Å²) in [7, 11) is 0. The average Bonchev–Trinajstić information content (AvgIpc) is 3.04. The zero-order valence-corrected chi connectivity index (χ0v) is 18.3. The van der Waals surface area contributed by atoms with E-state index in [9.17, 15) is 29.9 Å². The molecule has 0 radical (unpaired) electrons. The lowest BCUT2D eigenvalue weighted by Crippen LogP contribution is -2.13. The van der Waals surface area contributed by atoms with Gasteiger partial charge in [-0.05, 0) is 68.0 Å². The standard InChI is InChI=1S/C24H18ClN3O5/c1-13-6-15(7-18(12-26)22(29)27-20-5-3-4-19(25)11-20)14(2)28(13)21-9-16(23(30)31)8-17(10-21)24(32)33/h3-11H,1-2H3,(H,27,29)(H,30,31)(H,32,33)/b18-7-. The number of aryl methyl sites for hydroxylation is 1. The maximum Gasteiger partial charge on any atom is 0.335 e. The van der Waals surface area contributed by atoms with E-state index in [1.807, 2.05) is 6.07 Å². The number of nitrogens with zero attached hydrogens (tertiary/aromatic N) is 2. The van der Waals surface area contributed by atoms with Crippen LogP contribution in [0.25, 0.3) is 11.8 Å². The van der Waals surface area contributed by atoms with Gasteiger partial charge in [0.25, 0.3) is 5.91 Å². The van der Waals surface area contributed by atoms with Gasteiger partial charge in [0.05, 0.1) is 11.1 Å². The van der Waals surface area contributed by atoms with Gasteiger partial charge in [0, 0.05) is 27.8 Å². The number of halogens is 1. The fourth-order valence-corrected chi connectivity index (χ4v) is 3.58. The number of hydrogen-bond donors (Lipinski definition) is 3. The van der Waals surface area contributed by atoms with E-state index in [0.717, 1.165) is 6.07 Å². The smallest absolute Gasteiger partial charge is 0.335 e. The zero-order valence-electron chi connectivity index (χ0n) is 17.6. The van der Waals surface area contributed by atoms with Gasteiger partial charge in [0.1, 0.15) is 11.6 Å². The van der Waals surface area contributed by atoms with Gasteiger partial charge >= 0.3 is 11.9 Å². The number of carboxylic acids is 2. The normalized spacial score (nSPS) is 11.0. The molecule has 9 heteroatoms. The van der Waals surface area contributed by atoms with Gasteiger partial charge in [-0.25, -0.2) is 9.59 Å². The van der Waals surface area contributed by atoms with E-state index in [1.54, 1.807) is 48.7 Å². The Labute approximate surface area is 194 Å². The molecule has 2 aromatic carbocycles. The quantitative estimate of drug-likeness (QED) is 0.359. The topological polar surface area (TPSA) is 132 Å². The summed E-state index contributed by atoms with van der Waals surface area (Å²) in [6, 6.07) is 13.9. The van der Waals surface area contributed by atoms with Crippen molar-refractivity contribution < 1.29 is 24.6 Å². The van der Waals surface area contributed by atoms with E-state index in [4.69, 9.17) is 11.6 Å². The number of rotatable bonds is 6. The molecule has 0 saturated heterocycles. The number of carbonyl (C=O) groups is 3. The summed E-state index contributed by atoms with van der Waals surface area (Å²) in [4.78, 5) is 35.5. The molecule has 0 aliphatic carbocycles. The fourth-order valence-electron chi connectivity index (χ4n) is 3.39. The lowest BCUT2D eigenvalue weighted by molar-refractivity contribution is -0.112. The molecule has 1 aromatic heterocycles.